The van der Waals surface area contributed by atoms with E-state index in [1.54, 1.807) is 0 Å². The van der Waals surface area contributed by atoms with E-state index in [0.717, 1.165) is 10.9 Å². The minimum absolute atomic E-state index is 0.632. The van der Waals surface area contributed by atoms with Crippen molar-refractivity contribution < 1.29 is 0 Å². The van der Waals surface area contributed by atoms with Gasteiger partial charge in [-0.2, -0.15) is 0 Å². The van der Waals surface area contributed by atoms with Gasteiger partial charge in [0.25, 0.3) is 0 Å². The van der Waals surface area contributed by atoms with E-state index in [4.69, 9.17) is 12.2 Å². The quantitative estimate of drug-likeness (QED) is 0.668. The molecule has 0 radical (unpaired) electrons. The number of thiocarbonyl (C=S) groups is 1. The number of fused-ring (bicyclic) bond motifs is 2. The second-order valence-corrected chi connectivity index (χ2v) is 5.09. The highest BCUT2D eigenvalue weighted by molar-refractivity contribution is 7.80. The molecule has 1 saturated carbocycles. The predicted octanol–water partition coefficient (Wildman–Crippen LogP) is 3.40. The topological polar surface area (TPSA) is 12.0 Å². The zero-order valence-electron chi connectivity index (χ0n) is 8.70. The van der Waals surface area contributed by atoms with Crippen LogP contribution in [0.3, 0.4) is 0 Å². The maximum atomic E-state index is 5.50. The van der Waals surface area contributed by atoms with Gasteiger partial charge in [0.05, 0.1) is 4.99 Å². The van der Waals surface area contributed by atoms with Crippen molar-refractivity contribution in [2.45, 2.75) is 25.7 Å². The zero-order chi connectivity index (χ0) is 10.3. The number of nitrogens with one attached hydrogen (secondary N) is 1. The summed E-state index contributed by atoms with van der Waals surface area (Å²) < 4.78 is 0. The van der Waals surface area contributed by atoms with Crippen molar-refractivity contribution in [3.05, 3.63) is 29.8 Å². The van der Waals surface area contributed by atoms with Gasteiger partial charge in [-0.05, 0) is 36.8 Å². The van der Waals surface area contributed by atoms with Gasteiger partial charge in [0.15, 0.2) is 0 Å². The van der Waals surface area contributed by atoms with E-state index in [1.807, 2.05) is 0 Å². The standard InChI is InChI=1S/C13H15NS/c15-13-11-6-3-5-9(11)8-10-4-1-2-7-12(10)14-13/h1-2,4,7,9,11H,3,5-6,8H2,(H,14,15). The molecule has 1 aliphatic heterocycles. The van der Waals surface area contributed by atoms with E-state index in [0.29, 0.717) is 5.92 Å². The average molecular weight is 217 g/mol. The Balaban J connectivity index is 2.00. The van der Waals surface area contributed by atoms with Crippen LogP contribution in [0.25, 0.3) is 0 Å². The fraction of sp³-hybridized carbons (Fsp3) is 0.462. The number of hydrogen-bond donors (Lipinski definition) is 1. The fourth-order valence-corrected chi connectivity index (χ4v) is 3.37. The van der Waals surface area contributed by atoms with Crippen LogP contribution in [0.2, 0.25) is 0 Å². The molecule has 1 heterocycles. The van der Waals surface area contributed by atoms with Crippen molar-refractivity contribution in [1.82, 2.24) is 0 Å². The van der Waals surface area contributed by atoms with E-state index in [1.165, 1.54) is 36.9 Å². The number of hydrogen-bond acceptors (Lipinski definition) is 1. The van der Waals surface area contributed by atoms with Crippen LogP contribution in [-0.2, 0) is 6.42 Å². The van der Waals surface area contributed by atoms with Gasteiger partial charge in [-0.3, -0.25) is 0 Å². The van der Waals surface area contributed by atoms with Gasteiger partial charge in [0.1, 0.15) is 0 Å². The van der Waals surface area contributed by atoms with Crippen molar-refractivity contribution in [3.8, 4) is 0 Å². The Morgan fingerprint density at radius 3 is 3.00 bits per heavy atom. The molecule has 0 spiro atoms. The molecule has 2 unspecified atom stereocenters. The molecule has 2 heteroatoms. The first-order valence-electron chi connectivity index (χ1n) is 5.73. The van der Waals surface area contributed by atoms with E-state index in [9.17, 15) is 0 Å². The third kappa shape index (κ3) is 1.57. The SMILES string of the molecule is S=C1Nc2ccccc2CC2CCCC12. The van der Waals surface area contributed by atoms with Crippen LogP contribution in [0, 0.1) is 11.8 Å². The Morgan fingerprint density at radius 2 is 2.07 bits per heavy atom. The molecule has 78 valence electrons. The summed E-state index contributed by atoms with van der Waals surface area (Å²) in [5.41, 5.74) is 2.67. The Labute approximate surface area is 95.9 Å². The summed E-state index contributed by atoms with van der Waals surface area (Å²) >= 11 is 5.50. The molecule has 1 N–H and O–H groups in total. The summed E-state index contributed by atoms with van der Waals surface area (Å²) in [5, 5.41) is 3.43. The lowest BCUT2D eigenvalue weighted by atomic mass is 9.91. The number of para-hydroxylation sites is 1. The molecule has 1 fully saturated rings. The predicted molar refractivity (Wildman–Crippen MR) is 67.2 cm³/mol. The lowest BCUT2D eigenvalue weighted by Gasteiger charge is -2.15. The first-order chi connectivity index (χ1) is 7.34. The van der Waals surface area contributed by atoms with Gasteiger partial charge in [-0.25, -0.2) is 0 Å². The zero-order valence-corrected chi connectivity index (χ0v) is 9.52. The van der Waals surface area contributed by atoms with Crippen molar-refractivity contribution in [2.75, 3.05) is 5.32 Å². The summed E-state index contributed by atoms with van der Waals surface area (Å²) in [4.78, 5) is 1.07. The number of rotatable bonds is 0. The lowest BCUT2D eigenvalue weighted by Crippen LogP contribution is -2.21. The van der Waals surface area contributed by atoms with E-state index < -0.39 is 0 Å². The number of anilines is 1. The smallest absolute Gasteiger partial charge is 0.0831 e. The van der Waals surface area contributed by atoms with Gasteiger partial charge in [0.2, 0.25) is 0 Å². The minimum Gasteiger partial charge on any atom is -0.350 e. The highest BCUT2D eigenvalue weighted by Crippen LogP contribution is 2.39. The van der Waals surface area contributed by atoms with Gasteiger partial charge in [-0.1, -0.05) is 36.8 Å². The molecule has 1 aliphatic carbocycles. The molecule has 2 aliphatic rings. The molecule has 0 saturated heterocycles. The Bertz CT molecular complexity index is 399. The van der Waals surface area contributed by atoms with Crippen LogP contribution >= 0.6 is 12.2 Å². The summed E-state index contributed by atoms with van der Waals surface area (Å²) in [6.45, 7) is 0. The molecular weight excluding hydrogens is 202 g/mol. The summed E-state index contributed by atoms with van der Waals surface area (Å²) in [7, 11) is 0. The van der Waals surface area contributed by atoms with Crippen molar-refractivity contribution >= 4 is 22.9 Å². The molecule has 1 nitrogen and oxygen atoms in total. The summed E-state index contributed by atoms with van der Waals surface area (Å²) in [6, 6.07) is 8.57. The molecular formula is C13H15NS. The minimum atomic E-state index is 0.632. The first-order valence-corrected chi connectivity index (χ1v) is 6.14. The molecule has 0 amide bonds. The number of benzene rings is 1. The highest BCUT2D eigenvalue weighted by Gasteiger charge is 2.33. The van der Waals surface area contributed by atoms with Crippen LogP contribution in [0.15, 0.2) is 24.3 Å². The summed E-state index contributed by atoms with van der Waals surface area (Å²) in [5.74, 6) is 1.42. The normalized spacial score (nSPS) is 28.9. The molecule has 0 bridgehead atoms. The third-order valence-corrected chi connectivity index (χ3v) is 4.16. The fourth-order valence-electron chi connectivity index (χ4n) is 2.95. The van der Waals surface area contributed by atoms with E-state index >= 15 is 0 Å². The largest absolute Gasteiger partial charge is 0.350 e. The molecule has 15 heavy (non-hydrogen) atoms. The maximum absolute atomic E-state index is 5.50. The maximum Gasteiger partial charge on any atom is 0.0831 e. The molecule has 1 aromatic carbocycles. The average Bonchev–Trinajstić information content (AvgIpc) is 2.64. The van der Waals surface area contributed by atoms with E-state index in [-0.39, 0.29) is 0 Å². The summed E-state index contributed by atoms with van der Waals surface area (Å²) in [6.07, 6.45) is 5.18. The monoisotopic (exact) mass is 217 g/mol. The van der Waals surface area contributed by atoms with Crippen LogP contribution in [-0.4, -0.2) is 4.99 Å². The van der Waals surface area contributed by atoms with Crippen LogP contribution in [0.1, 0.15) is 24.8 Å². The Hall–Kier alpha value is -0.890. The molecule has 0 aromatic heterocycles. The van der Waals surface area contributed by atoms with Crippen LogP contribution in [0.4, 0.5) is 5.69 Å². The van der Waals surface area contributed by atoms with Crippen molar-refractivity contribution in [3.63, 3.8) is 0 Å². The molecule has 1 aromatic rings. The lowest BCUT2D eigenvalue weighted by molar-refractivity contribution is 0.487. The van der Waals surface area contributed by atoms with Crippen molar-refractivity contribution in [2.24, 2.45) is 11.8 Å². The molecule has 2 atom stereocenters. The van der Waals surface area contributed by atoms with Gasteiger partial charge in [0, 0.05) is 11.6 Å². The Kier molecular flexibility index (Phi) is 2.24. The second-order valence-electron chi connectivity index (χ2n) is 4.65. The van der Waals surface area contributed by atoms with Crippen molar-refractivity contribution in [1.29, 1.82) is 0 Å². The van der Waals surface area contributed by atoms with E-state index in [2.05, 4.69) is 29.6 Å². The van der Waals surface area contributed by atoms with Crippen LogP contribution < -0.4 is 5.32 Å². The van der Waals surface area contributed by atoms with Gasteiger partial charge >= 0.3 is 0 Å². The van der Waals surface area contributed by atoms with Gasteiger partial charge < -0.3 is 5.32 Å². The Morgan fingerprint density at radius 1 is 1.20 bits per heavy atom. The highest BCUT2D eigenvalue weighted by atomic mass is 32.1. The molecule has 3 rings (SSSR count). The second kappa shape index (κ2) is 3.60. The first kappa shape index (κ1) is 9.34. The van der Waals surface area contributed by atoms with Crippen LogP contribution in [0.5, 0.6) is 0 Å². The van der Waals surface area contributed by atoms with Gasteiger partial charge in [-0.15, -0.1) is 0 Å². The third-order valence-electron chi connectivity index (χ3n) is 3.75.